The Labute approximate surface area is 197 Å². The number of benzene rings is 2. The van der Waals surface area contributed by atoms with Gasteiger partial charge in [-0.05, 0) is 41.5 Å². The molecule has 0 saturated carbocycles. The number of alkyl halides is 3. The highest BCUT2D eigenvalue weighted by Gasteiger charge is 2.30. The highest BCUT2D eigenvalue weighted by molar-refractivity contribution is 7.80. The van der Waals surface area contributed by atoms with E-state index in [1.165, 1.54) is 10.6 Å². The number of urea groups is 1. The number of thiol groups is 1. The van der Waals surface area contributed by atoms with Crippen LogP contribution in [0.4, 0.5) is 23.7 Å². The Morgan fingerprint density at radius 3 is 2.32 bits per heavy atom. The molecule has 2 aromatic carbocycles. The maximum absolute atomic E-state index is 12.8. The summed E-state index contributed by atoms with van der Waals surface area (Å²) in [5.74, 6) is -1.27. The molecule has 1 aromatic heterocycles. The summed E-state index contributed by atoms with van der Waals surface area (Å²) < 4.78 is 39.8. The molecule has 0 saturated heterocycles. The smallest absolute Gasteiger partial charge is 0.416 e. The van der Waals surface area contributed by atoms with Crippen molar-refractivity contribution in [2.24, 2.45) is 0 Å². The molecule has 0 fully saturated rings. The highest BCUT2D eigenvalue weighted by atomic mass is 32.1. The first-order valence-corrected chi connectivity index (χ1v) is 10.4. The van der Waals surface area contributed by atoms with Crippen LogP contribution in [0.2, 0.25) is 0 Å². The van der Waals surface area contributed by atoms with Crippen LogP contribution in [0.1, 0.15) is 29.2 Å². The van der Waals surface area contributed by atoms with E-state index in [0.29, 0.717) is 4.90 Å². The van der Waals surface area contributed by atoms with Crippen LogP contribution >= 0.6 is 12.6 Å². The number of aliphatic carboxylic acids is 1. The lowest BCUT2D eigenvalue weighted by Gasteiger charge is -2.19. The van der Waals surface area contributed by atoms with E-state index < -0.39 is 41.8 Å². The number of hydrogen-bond acceptors (Lipinski definition) is 4. The van der Waals surface area contributed by atoms with Crippen molar-refractivity contribution in [1.29, 1.82) is 0 Å². The molecule has 3 aromatic rings. The number of hydrogen-bond donors (Lipinski definition) is 4. The van der Waals surface area contributed by atoms with Gasteiger partial charge in [0.2, 0.25) is 0 Å². The number of carboxylic acids is 1. The average Bonchev–Trinajstić information content (AvgIpc) is 2.77. The largest absolute Gasteiger partial charge is 0.481 e. The summed E-state index contributed by atoms with van der Waals surface area (Å²) in [6, 6.07) is 11.9. The van der Waals surface area contributed by atoms with Gasteiger partial charge in [0.25, 0.3) is 5.56 Å². The Hall–Kier alpha value is -3.73. The van der Waals surface area contributed by atoms with Crippen LogP contribution in [-0.2, 0) is 17.5 Å². The number of aromatic nitrogens is 1. The van der Waals surface area contributed by atoms with Crippen LogP contribution in [0.5, 0.6) is 0 Å². The third-order valence-corrected chi connectivity index (χ3v) is 5.36. The summed E-state index contributed by atoms with van der Waals surface area (Å²) in [4.78, 5) is 37.2. The Kier molecular flexibility index (Phi) is 7.67. The second-order valence-electron chi connectivity index (χ2n) is 7.35. The molecule has 34 heavy (non-hydrogen) atoms. The Morgan fingerprint density at radius 1 is 1.03 bits per heavy atom. The molecule has 0 spiro atoms. The molecule has 3 rings (SSSR count). The normalized spacial score (nSPS) is 12.1. The van der Waals surface area contributed by atoms with Crippen molar-refractivity contribution in [3.63, 3.8) is 0 Å². The van der Waals surface area contributed by atoms with Gasteiger partial charge in [-0.15, -0.1) is 12.6 Å². The molecule has 0 aliphatic rings. The van der Waals surface area contributed by atoms with E-state index in [1.54, 1.807) is 30.5 Å². The molecule has 1 atom stereocenters. The molecule has 11 heteroatoms. The van der Waals surface area contributed by atoms with Gasteiger partial charge < -0.3 is 20.3 Å². The van der Waals surface area contributed by atoms with Crippen molar-refractivity contribution in [3.8, 4) is 0 Å². The SMILES string of the molecule is O=C(O)C[C@H](NC(=O)Nc1cccn(Cc2ccccc2S)c1=O)c1ccc(C(F)(F)F)cc1. The van der Waals surface area contributed by atoms with Crippen LogP contribution in [0.25, 0.3) is 0 Å². The van der Waals surface area contributed by atoms with Crippen LogP contribution < -0.4 is 16.2 Å². The van der Waals surface area contributed by atoms with Crippen molar-refractivity contribution in [2.75, 3.05) is 5.32 Å². The first-order chi connectivity index (χ1) is 16.0. The van der Waals surface area contributed by atoms with Gasteiger partial charge in [-0.1, -0.05) is 30.3 Å². The number of nitrogens with one attached hydrogen (secondary N) is 2. The predicted octanol–water partition coefficient (Wildman–Crippen LogP) is 4.54. The molecular formula is C23H20F3N3O4S. The van der Waals surface area contributed by atoms with E-state index in [-0.39, 0.29) is 17.8 Å². The minimum absolute atomic E-state index is 0.0573. The Bertz CT molecular complexity index is 1240. The van der Waals surface area contributed by atoms with Gasteiger partial charge in [0.1, 0.15) is 5.69 Å². The second kappa shape index (κ2) is 10.5. The van der Waals surface area contributed by atoms with E-state index in [0.717, 1.165) is 29.8 Å². The molecular weight excluding hydrogens is 471 g/mol. The number of rotatable bonds is 7. The number of pyridine rings is 1. The highest BCUT2D eigenvalue weighted by Crippen LogP contribution is 2.30. The number of carbonyl (C=O) groups excluding carboxylic acids is 1. The molecule has 3 N–H and O–H groups in total. The molecule has 7 nitrogen and oxygen atoms in total. The number of carbonyl (C=O) groups is 2. The van der Waals surface area contributed by atoms with E-state index in [9.17, 15) is 27.6 Å². The lowest BCUT2D eigenvalue weighted by Crippen LogP contribution is -2.36. The zero-order valence-electron chi connectivity index (χ0n) is 17.5. The molecule has 2 amide bonds. The third-order valence-electron chi connectivity index (χ3n) is 4.93. The fourth-order valence-electron chi connectivity index (χ4n) is 3.23. The van der Waals surface area contributed by atoms with E-state index in [4.69, 9.17) is 5.11 Å². The lowest BCUT2D eigenvalue weighted by molar-refractivity contribution is -0.138. The maximum atomic E-state index is 12.8. The van der Waals surface area contributed by atoms with Crippen molar-refractivity contribution >= 4 is 30.3 Å². The molecule has 0 radical (unpaired) electrons. The fourth-order valence-corrected chi connectivity index (χ4v) is 3.46. The summed E-state index contributed by atoms with van der Waals surface area (Å²) in [6.45, 7) is 0.211. The zero-order valence-corrected chi connectivity index (χ0v) is 18.4. The third kappa shape index (κ3) is 6.41. The first kappa shape index (κ1) is 24.9. The van der Waals surface area contributed by atoms with E-state index in [1.807, 2.05) is 6.07 Å². The number of halogens is 3. The Morgan fingerprint density at radius 2 is 1.71 bits per heavy atom. The zero-order chi connectivity index (χ0) is 24.9. The lowest BCUT2D eigenvalue weighted by atomic mass is 10.0. The molecule has 0 bridgehead atoms. The van der Waals surface area contributed by atoms with Gasteiger partial charge >= 0.3 is 18.2 Å². The first-order valence-electron chi connectivity index (χ1n) is 9.97. The van der Waals surface area contributed by atoms with Crippen LogP contribution in [0.15, 0.2) is 76.6 Å². The van der Waals surface area contributed by atoms with Gasteiger partial charge in [0.05, 0.1) is 24.6 Å². The van der Waals surface area contributed by atoms with Gasteiger partial charge in [-0.3, -0.25) is 9.59 Å². The molecule has 0 unspecified atom stereocenters. The summed E-state index contributed by atoms with van der Waals surface area (Å²) in [7, 11) is 0. The summed E-state index contributed by atoms with van der Waals surface area (Å²) in [6.07, 6.45) is -3.58. The number of nitrogens with zero attached hydrogens (tertiary/aromatic N) is 1. The topological polar surface area (TPSA) is 100 Å². The average molecular weight is 491 g/mol. The predicted molar refractivity (Wildman–Crippen MR) is 122 cm³/mol. The van der Waals surface area contributed by atoms with Gasteiger partial charge in [0, 0.05) is 11.1 Å². The standard InChI is InChI=1S/C23H20F3N3O4S/c24-23(25,26)16-9-7-14(8-10-16)18(12-20(30)31)28-22(33)27-17-5-3-11-29(21(17)32)13-15-4-1-2-6-19(15)34/h1-11,18,34H,12-13H2,(H,30,31)(H2,27,28,33)/t18-/m0/s1. The molecule has 0 aliphatic carbocycles. The molecule has 1 heterocycles. The number of anilines is 1. The molecule has 178 valence electrons. The van der Waals surface area contributed by atoms with E-state index in [2.05, 4.69) is 23.3 Å². The monoisotopic (exact) mass is 491 g/mol. The summed E-state index contributed by atoms with van der Waals surface area (Å²) in [5, 5.41) is 14.0. The van der Waals surface area contributed by atoms with Crippen molar-refractivity contribution in [3.05, 3.63) is 93.9 Å². The fraction of sp³-hybridized carbons (Fsp3) is 0.174. The second-order valence-corrected chi connectivity index (χ2v) is 7.83. The van der Waals surface area contributed by atoms with Crippen molar-refractivity contribution < 1.29 is 27.9 Å². The van der Waals surface area contributed by atoms with Crippen molar-refractivity contribution in [2.45, 2.75) is 30.1 Å². The van der Waals surface area contributed by atoms with Crippen LogP contribution in [0, 0.1) is 0 Å². The summed E-state index contributed by atoms with van der Waals surface area (Å²) >= 11 is 4.36. The minimum Gasteiger partial charge on any atom is -0.481 e. The number of carboxylic acid groups (broad SMARTS) is 1. The van der Waals surface area contributed by atoms with E-state index >= 15 is 0 Å². The number of amides is 2. The van der Waals surface area contributed by atoms with Crippen molar-refractivity contribution in [1.82, 2.24) is 9.88 Å². The van der Waals surface area contributed by atoms with Crippen LogP contribution in [-0.4, -0.2) is 21.7 Å². The maximum Gasteiger partial charge on any atom is 0.416 e. The van der Waals surface area contributed by atoms with Gasteiger partial charge in [0.15, 0.2) is 0 Å². The quantitative estimate of drug-likeness (QED) is 0.365. The summed E-state index contributed by atoms with van der Waals surface area (Å²) in [5.41, 5.74) is -0.501. The van der Waals surface area contributed by atoms with Gasteiger partial charge in [-0.25, -0.2) is 4.79 Å². The minimum atomic E-state index is -4.55. The Balaban J connectivity index is 1.76. The molecule has 0 aliphatic heterocycles. The van der Waals surface area contributed by atoms with Crippen LogP contribution in [0.3, 0.4) is 0 Å². The van der Waals surface area contributed by atoms with Gasteiger partial charge in [-0.2, -0.15) is 13.2 Å².